The van der Waals surface area contributed by atoms with E-state index in [0.717, 1.165) is 18.4 Å². The normalized spacial score (nSPS) is 15.5. The molecule has 156 valence electrons. The summed E-state index contributed by atoms with van der Waals surface area (Å²) in [6.07, 6.45) is 2.12. The molecule has 3 aromatic rings. The number of fused-ring (bicyclic) bond motifs is 1. The average molecular weight is 411 g/mol. The Balaban J connectivity index is 1.72. The lowest BCUT2D eigenvalue weighted by molar-refractivity contribution is 0.0665. The second-order valence-corrected chi connectivity index (χ2v) is 8.44. The second-order valence-electron chi connectivity index (χ2n) is 8.44. The minimum absolute atomic E-state index is 0.0605. The van der Waals surface area contributed by atoms with E-state index in [1.807, 2.05) is 54.6 Å². The molecule has 1 aliphatic rings. The summed E-state index contributed by atoms with van der Waals surface area (Å²) in [5, 5.41) is 0. The number of ketones is 3. The monoisotopic (exact) mass is 410 g/mol. The van der Waals surface area contributed by atoms with Crippen LogP contribution in [0, 0.1) is 5.41 Å². The van der Waals surface area contributed by atoms with Crippen LogP contribution in [0.15, 0.2) is 78.9 Å². The Morgan fingerprint density at radius 1 is 0.806 bits per heavy atom. The van der Waals surface area contributed by atoms with Gasteiger partial charge in [-0.1, -0.05) is 92.2 Å². The Morgan fingerprint density at radius 2 is 1.35 bits per heavy atom. The Hall–Kier alpha value is -3.33. The number of Topliss-reactive ketones (excluding diaryl/α,β-unsaturated/α-hetero) is 3. The van der Waals surface area contributed by atoms with E-state index in [4.69, 9.17) is 0 Å². The lowest BCUT2D eigenvalue weighted by Crippen LogP contribution is -2.38. The summed E-state index contributed by atoms with van der Waals surface area (Å²) in [5.41, 5.74) is 2.24. The van der Waals surface area contributed by atoms with E-state index in [1.54, 1.807) is 31.2 Å². The molecule has 31 heavy (non-hydrogen) atoms. The maximum Gasteiger partial charge on any atom is 0.177 e. The molecule has 3 heteroatoms. The highest BCUT2D eigenvalue weighted by atomic mass is 16.2. The molecule has 1 aliphatic carbocycles. The van der Waals surface area contributed by atoms with Gasteiger partial charge in [0.1, 0.15) is 5.41 Å². The van der Waals surface area contributed by atoms with Gasteiger partial charge in [-0.2, -0.15) is 0 Å². The van der Waals surface area contributed by atoms with Crippen molar-refractivity contribution in [3.63, 3.8) is 0 Å². The van der Waals surface area contributed by atoms with Gasteiger partial charge in [-0.3, -0.25) is 14.4 Å². The molecular weight excluding hydrogens is 384 g/mol. The van der Waals surface area contributed by atoms with Crippen LogP contribution in [0.1, 0.15) is 74.8 Å². The van der Waals surface area contributed by atoms with Crippen LogP contribution in [-0.2, 0) is 6.42 Å². The number of hydrogen-bond donors (Lipinski definition) is 0. The van der Waals surface area contributed by atoms with Crippen LogP contribution in [0.4, 0.5) is 0 Å². The molecule has 0 spiro atoms. The maximum atomic E-state index is 13.4. The van der Waals surface area contributed by atoms with E-state index in [1.165, 1.54) is 5.56 Å². The van der Waals surface area contributed by atoms with Crippen LogP contribution in [0.25, 0.3) is 0 Å². The number of aryl methyl sites for hydroxylation is 1. The van der Waals surface area contributed by atoms with Crippen molar-refractivity contribution >= 4 is 17.3 Å². The average Bonchev–Trinajstić information content (AvgIpc) is 3.00. The quantitative estimate of drug-likeness (QED) is 0.350. The van der Waals surface area contributed by atoms with Gasteiger partial charge in [0.2, 0.25) is 0 Å². The molecule has 1 atom stereocenters. The third-order valence-electron chi connectivity index (χ3n) is 6.46. The summed E-state index contributed by atoms with van der Waals surface area (Å²) in [6, 6.07) is 24.1. The first kappa shape index (κ1) is 20.9. The predicted molar refractivity (Wildman–Crippen MR) is 122 cm³/mol. The lowest BCUT2D eigenvalue weighted by atomic mass is 9.67. The van der Waals surface area contributed by atoms with Crippen LogP contribution >= 0.6 is 0 Å². The topological polar surface area (TPSA) is 51.2 Å². The van der Waals surface area contributed by atoms with Crippen molar-refractivity contribution in [2.24, 2.45) is 5.41 Å². The van der Waals surface area contributed by atoms with Crippen molar-refractivity contribution in [2.45, 2.75) is 39.0 Å². The summed E-state index contributed by atoms with van der Waals surface area (Å²) in [7, 11) is 0. The number of benzene rings is 3. The summed E-state index contributed by atoms with van der Waals surface area (Å²) in [6.45, 7) is 3.82. The fraction of sp³-hybridized carbons (Fsp3) is 0.250. The van der Waals surface area contributed by atoms with Gasteiger partial charge in [0.15, 0.2) is 17.3 Å². The molecule has 0 bridgehead atoms. The molecule has 3 nitrogen and oxygen atoms in total. The number of hydrogen-bond acceptors (Lipinski definition) is 3. The van der Waals surface area contributed by atoms with Crippen molar-refractivity contribution in [3.05, 3.63) is 107 Å². The zero-order valence-corrected chi connectivity index (χ0v) is 17.9. The first-order valence-corrected chi connectivity index (χ1v) is 10.8. The fourth-order valence-corrected chi connectivity index (χ4v) is 4.65. The Bertz CT molecular complexity index is 1090. The zero-order chi connectivity index (χ0) is 22.0. The van der Waals surface area contributed by atoms with Crippen LogP contribution < -0.4 is 0 Å². The molecule has 0 heterocycles. The van der Waals surface area contributed by atoms with Crippen LogP contribution in [0.5, 0.6) is 0 Å². The van der Waals surface area contributed by atoms with Gasteiger partial charge in [0, 0.05) is 29.0 Å². The Labute approximate surface area is 183 Å². The molecule has 4 rings (SSSR count). The fourth-order valence-electron chi connectivity index (χ4n) is 4.65. The molecule has 0 unspecified atom stereocenters. The van der Waals surface area contributed by atoms with Gasteiger partial charge in [-0.25, -0.2) is 0 Å². The maximum absolute atomic E-state index is 13.4. The van der Waals surface area contributed by atoms with Gasteiger partial charge < -0.3 is 0 Å². The molecular formula is C28H26O3. The number of rotatable bonds is 7. The van der Waals surface area contributed by atoms with Crippen LogP contribution in [-0.4, -0.2) is 17.3 Å². The Kier molecular flexibility index (Phi) is 5.69. The van der Waals surface area contributed by atoms with Crippen molar-refractivity contribution in [3.8, 4) is 0 Å². The summed E-state index contributed by atoms with van der Waals surface area (Å²) in [4.78, 5) is 40.2. The zero-order valence-electron chi connectivity index (χ0n) is 17.9. The molecule has 0 N–H and O–H groups in total. The number of carbonyl (C=O) groups is 3. The summed E-state index contributed by atoms with van der Waals surface area (Å²) >= 11 is 0. The SMILES string of the molecule is CCCc1ccc(C(=O)C[C@H](c2ccccc2)C2(C)C(=O)c3ccccc3C2=O)cc1. The smallest absolute Gasteiger partial charge is 0.177 e. The van der Waals surface area contributed by atoms with E-state index in [9.17, 15) is 14.4 Å². The van der Waals surface area contributed by atoms with Crippen molar-refractivity contribution in [2.75, 3.05) is 0 Å². The molecule has 0 saturated carbocycles. The molecule has 3 aromatic carbocycles. The second kappa shape index (κ2) is 8.43. The van der Waals surface area contributed by atoms with Gasteiger partial charge in [-0.15, -0.1) is 0 Å². The van der Waals surface area contributed by atoms with Gasteiger partial charge in [0.25, 0.3) is 0 Å². The van der Waals surface area contributed by atoms with Gasteiger partial charge in [-0.05, 0) is 24.5 Å². The van der Waals surface area contributed by atoms with E-state index in [-0.39, 0.29) is 23.8 Å². The third-order valence-corrected chi connectivity index (χ3v) is 6.46. The standard InChI is InChI=1S/C28H26O3/c1-3-9-19-14-16-21(17-15-19)25(29)18-24(20-10-5-4-6-11-20)28(2)26(30)22-12-7-8-13-23(22)27(28)31/h4-8,10-17,24H,3,9,18H2,1-2H3/t24-/m1/s1. The first-order chi connectivity index (χ1) is 15.0. The highest BCUT2D eigenvalue weighted by Crippen LogP contribution is 2.48. The van der Waals surface area contributed by atoms with E-state index in [0.29, 0.717) is 16.7 Å². The number of carbonyl (C=O) groups excluding carboxylic acids is 3. The minimum atomic E-state index is -1.30. The molecule has 0 amide bonds. The third kappa shape index (κ3) is 3.65. The lowest BCUT2D eigenvalue weighted by Gasteiger charge is -2.31. The van der Waals surface area contributed by atoms with Crippen molar-refractivity contribution < 1.29 is 14.4 Å². The molecule has 0 saturated heterocycles. The molecule has 0 fully saturated rings. The highest BCUT2D eigenvalue weighted by molar-refractivity contribution is 6.30. The summed E-state index contributed by atoms with van der Waals surface area (Å²) in [5.74, 6) is -1.00. The van der Waals surface area contributed by atoms with Gasteiger partial charge >= 0.3 is 0 Å². The molecule has 0 aliphatic heterocycles. The predicted octanol–water partition coefficient (Wildman–Crippen LogP) is 6.08. The minimum Gasteiger partial charge on any atom is -0.294 e. The largest absolute Gasteiger partial charge is 0.294 e. The first-order valence-electron chi connectivity index (χ1n) is 10.8. The van der Waals surface area contributed by atoms with Crippen molar-refractivity contribution in [1.82, 2.24) is 0 Å². The van der Waals surface area contributed by atoms with E-state index < -0.39 is 11.3 Å². The van der Waals surface area contributed by atoms with Gasteiger partial charge in [0.05, 0.1) is 0 Å². The van der Waals surface area contributed by atoms with E-state index >= 15 is 0 Å². The summed E-state index contributed by atoms with van der Waals surface area (Å²) < 4.78 is 0. The molecule has 0 aromatic heterocycles. The van der Waals surface area contributed by atoms with Crippen LogP contribution in [0.2, 0.25) is 0 Å². The van der Waals surface area contributed by atoms with Crippen LogP contribution in [0.3, 0.4) is 0 Å². The van der Waals surface area contributed by atoms with E-state index in [2.05, 4.69) is 6.92 Å². The van der Waals surface area contributed by atoms with Crippen molar-refractivity contribution in [1.29, 1.82) is 0 Å². The Morgan fingerprint density at radius 3 is 1.90 bits per heavy atom. The molecule has 0 radical (unpaired) electrons. The highest BCUT2D eigenvalue weighted by Gasteiger charge is 2.54.